The zero-order chi connectivity index (χ0) is 7.56. The van der Waals surface area contributed by atoms with Crippen molar-refractivity contribution in [2.24, 2.45) is 0 Å². The second-order valence-electron chi connectivity index (χ2n) is 1.86. The fourth-order valence-corrected chi connectivity index (χ4v) is 1.47. The van der Waals surface area contributed by atoms with Crippen LogP contribution in [-0.4, -0.2) is 11.4 Å². The highest BCUT2D eigenvalue weighted by Crippen LogP contribution is 2.19. The van der Waals surface area contributed by atoms with Gasteiger partial charge in [0.05, 0.1) is 5.01 Å². The summed E-state index contributed by atoms with van der Waals surface area (Å²) in [6.45, 7) is 3.80. The second-order valence-corrected chi connectivity index (χ2v) is 3.27. The van der Waals surface area contributed by atoms with E-state index in [4.69, 9.17) is 0 Å². The number of thiazole rings is 1. The fourth-order valence-electron chi connectivity index (χ4n) is 0.693. The number of anilines is 1. The van der Waals surface area contributed by atoms with Gasteiger partial charge in [-0.25, -0.2) is 4.98 Å². The average Bonchev–Trinajstić information content (AvgIpc) is 2.13. The third-order valence-electron chi connectivity index (χ3n) is 1.07. The maximum Gasteiger partial charge on any atom is 0.315 e. The molecule has 0 aliphatic rings. The van der Waals surface area contributed by atoms with Crippen molar-refractivity contribution in [3.8, 4) is 0 Å². The highest BCUT2D eigenvalue weighted by Gasteiger charge is 2.01. The third-order valence-corrected chi connectivity index (χ3v) is 1.96. The van der Waals surface area contributed by atoms with Gasteiger partial charge in [-0.05, 0) is 13.8 Å². The van der Waals surface area contributed by atoms with Crippen LogP contribution in [0.2, 0.25) is 0 Å². The van der Waals surface area contributed by atoms with E-state index < -0.39 is 0 Å². The Labute approximate surface area is 63.1 Å². The monoisotopic (exact) mass is 155 g/mol. The fraction of sp³-hybridized carbons (Fsp3) is 0.333. The lowest BCUT2D eigenvalue weighted by atomic mass is 10.5. The molecule has 0 unspecified atom stereocenters. The Bertz CT molecular complexity index is 244. The number of hydrogen-bond acceptors (Lipinski definition) is 3. The molecule has 1 aromatic rings. The molecule has 0 bridgehead atoms. The molecule has 53 valence electrons. The molecule has 0 atom stereocenters. The number of rotatable bonds is 2. The largest absolute Gasteiger partial charge is 0.315 e. The summed E-state index contributed by atoms with van der Waals surface area (Å²) in [4.78, 5) is 14.9. The van der Waals surface area contributed by atoms with Crippen molar-refractivity contribution in [1.29, 1.82) is 0 Å². The molecule has 0 aliphatic heterocycles. The predicted molar refractivity (Wildman–Crippen MR) is 40.9 cm³/mol. The Hall–Kier alpha value is -0.900. The topological polar surface area (TPSA) is 42.0 Å². The molecule has 0 aliphatic carbocycles. The van der Waals surface area contributed by atoms with E-state index in [9.17, 15) is 4.79 Å². The van der Waals surface area contributed by atoms with Crippen molar-refractivity contribution in [3.05, 3.63) is 9.88 Å². The number of nitrogens with one attached hydrogen (secondary N) is 1. The number of hydrogen-bond donors (Lipinski definition) is 1. The summed E-state index contributed by atoms with van der Waals surface area (Å²) < 4.78 is 0. The molecular weight excluding hydrogens is 148 g/mol. The van der Waals surface area contributed by atoms with Crippen LogP contribution in [-0.2, 0) is 4.79 Å². The molecule has 1 aromatic heterocycles. The van der Waals surface area contributed by atoms with E-state index in [-0.39, 0.29) is 0 Å². The molecule has 0 spiro atoms. The van der Waals surface area contributed by atoms with Crippen molar-refractivity contribution in [1.82, 2.24) is 4.98 Å². The van der Waals surface area contributed by atoms with Gasteiger partial charge in [-0.3, -0.25) is 4.79 Å². The summed E-state index contributed by atoms with van der Waals surface area (Å²) in [5.74, 6) is 0.623. The van der Waals surface area contributed by atoms with Gasteiger partial charge in [0, 0.05) is 4.88 Å². The van der Waals surface area contributed by atoms with Gasteiger partial charge in [0.25, 0.3) is 0 Å². The summed E-state index contributed by atoms with van der Waals surface area (Å²) in [5.41, 5.74) is 0. The van der Waals surface area contributed by atoms with Gasteiger partial charge in [0.1, 0.15) is 5.82 Å². The lowest BCUT2D eigenvalue weighted by Crippen LogP contribution is -1.94. The van der Waals surface area contributed by atoms with Crippen molar-refractivity contribution in [2.45, 2.75) is 13.8 Å². The van der Waals surface area contributed by atoms with E-state index in [2.05, 4.69) is 10.3 Å². The third kappa shape index (κ3) is 1.33. The van der Waals surface area contributed by atoms with Crippen LogP contribution in [0.4, 0.5) is 5.82 Å². The van der Waals surface area contributed by atoms with E-state index in [1.165, 1.54) is 0 Å². The van der Waals surface area contributed by atoms with Crippen LogP contribution in [0.1, 0.15) is 9.88 Å². The Morgan fingerprint density at radius 3 is 2.70 bits per heavy atom. The van der Waals surface area contributed by atoms with Crippen LogP contribution < -0.4 is 5.32 Å². The van der Waals surface area contributed by atoms with E-state index in [0.29, 0.717) is 5.82 Å². The maximum absolute atomic E-state index is 9.86. The Morgan fingerprint density at radius 2 is 2.30 bits per heavy atom. The molecule has 0 saturated carbocycles. The van der Waals surface area contributed by atoms with Crippen LogP contribution in [0, 0.1) is 13.8 Å². The molecule has 0 saturated heterocycles. The van der Waals surface area contributed by atoms with E-state index in [1.54, 1.807) is 17.7 Å². The number of aryl methyl sites for hydroxylation is 2. The standard InChI is InChI=1S/C6H7N2OS/c1-4-6(7-3-9)8-5(2)10-4/h1-2H3,(H,7,9). The molecule has 10 heavy (non-hydrogen) atoms. The van der Waals surface area contributed by atoms with Crippen LogP contribution in [0.15, 0.2) is 0 Å². The van der Waals surface area contributed by atoms with Gasteiger partial charge in [-0.15, -0.1) is 11.3 Å². The maximum atomic E-state index is 9.86. The van der Waals surface area contributed by atoms with Crippen molar-refractivity contribution < 1.29 is 4.79 Å². The summed E-state index contributed by atoms with van der Waals surface area (Å²) in [6.07, 6.45) is 1.58. The Kier molecular flexibility index (Phi) is 2.01. The van der Waals surface area contributed by atoms with Crippen LogP contribution in [0.25, 0.3) is 0 Å². The zero-order valence-corrected chi connectivity index (χ0v) is 6.58. The summed E-state index contributed by atoms with van der Waals surface area (Å²) >= 11 is 1.56. The molecule has 0 aromatic carbocycles. The zero-order valence-electron chi connectivity index (χ0n) is 5.76. The number of nitrogens with zero attached hydrogens (tertiary/aromatic N) is 1. The second kappa shape index (κ2) is 2.79. The first-order chi connectivity index (χ1) is 4.74. The minimum absolute atomic E-state index is 0.623. The van der Waals surface area contributed by atoms with Crippen LogP contribution in [0.5, 0.6) is 0 Å². The minimum Gasteiger partial charge on any atom is -0.301 e. The summed E-state index contributed by atoms with van der Waals surface area (Å²) in [5, 5.41) is 3.34. The molecule has 1 heterocycles. The van der Waals surface area contributed by atoms with Gasteiger partial charge in [-0.1, -0.05) is 0 Å². The first-order valence-corrected chi connectivity index (χ1v) is 3.63. The predicted octanol–water partition coefficient (Wildman–Crippen LogP) is 1.24. The van der Waals surface area contributed by atoms with Crippen molar-refractivity contribution in [2.75, 3.05) is 5.32 Å². The molecule has 1 radical (unpaired) electrons. The Balaban J connectivity index is 2.91. The first-order valence-electron chi connectivity index (χ1n) is 2.81. The molecule has 0 fully saturated rings. The summed E-state index contributed by atoms with van der Waals surface area (Å²) in [7, 11) is 0. The van der Waals surface area contributed by atoms with Gasteiger partial charge in [0.15, 0.2) is 0 Å². The van der Waals surface area contributed by atoms with Crippen LogP contribution in [0.3, 0.4) is 0 Å². The van der Waals surface area contributed by atoms with Crippen molar-refractivity contribution in [3.63, 3.8) is 0 Å². The van der Waals surface area contributed by atoms with E-state index in [0.717, 1.165) is 9.88 Å². The van der Waals surface area contributed by atoms with Crippen LogP contribution >= 0.6 is 11.3 Å². The minimum atomic E-state index is 0.623. The number of amides is 1. The van der Waals surface area contributed by atoms with Gasteiger partial charge in [0.2, 0.25) is 0 Å². The quantitative estimate of drug-likeness (QED) is 0.653. The Morgan fingerprint density at radius 1 is 1.60 bits per heavy atom. The molecule has 1 amide bonds. The lowest BCUT2D eigenvalue weighted by molar-refractivity contribution is 0.561. The van der Waals surface area contributed by atoms with Crippen molar-refractivity contribution >= 4 is 23.6 Å². The highest BCUT2D eigenvalue weighted by molar-refractivity contribution is 7.12. The first kappa shape index (κ1) is 7.21. The van der Waals surface area contributed by atoms with E-state index in [1.807, 2.05) is 13.8 Å². The SMILES string of the molecule is Cc1nc(N[C]=O)c(C)s1. The smallest absolute Gasteiger partial charge is 0.301 e. The molecule has 1 rings (SSSR count). The molecule has 1 N–H and O–H groups in total. The van der Waals surface area contributed by atoms with Gasteiger partial charge >= 0.3 is 6.41 Å². The molecular formula is C6H7N2OS. The number of aromatic nitrogens is 1. The van der Waals surface area contributed by atoms with Gasteiger partial charge < -0.3 is 5.32 Å². The molecule has 3 nitrogen and oxygen atoms in total. The van der Waals surface area contributed by atoms with E-state index >= 15 is 0 Å². The average molecular weight is 155 g/mol. The lowest BCUT2D eigenvalue weighted by Gasteiger charge is -1.88. The molecule has 4 heteroatoms. The highest BCUT2D eigenvalue weighted by atomic mass is 32.1. The normalized spacial score (nSPS) is 9.40. The number of carbonyl (C=O) groups excluding carboxylic acids is 1. The summed E-state index contributed by atoms with van der Waals surface area (Å²) in [6, 6.07) is 0. The van der Waals surface area contributed by atoms with Gasteiger partial charge in [-0.2, -0.15) is 0 Å².